The van der Waals surface area contributed by atoms with Gasteiger partial charge in [0.15, 0.2) is 17.4 Å². The van der Waals surface area contributed by atoms with Crippen LogP contribution in [0.25, 0.3) is 0 Å². The molecule has 0 bridgehead atoms. The van der Waals surface area contributed by atoms with E-state index in [4.69, 9.17) is 10.5 Å². The van der Waals surface area contributed by atoms with Crippen LogP contribution in [0, 0.1) is 10.1 Å². The van der Waals surface area contributed by atoms with Gasteiger partial charge in [-0.05, 0) is 19.0 Å². The molecule has 0 aliphatic carbocycles. The van der Waals surface area contributed by atoms with E-state index in [2.05, 4.69) is 15.2 Å². The van der Waals surface area contributed by atoms with Gasteiger partial charge in [-0.1, -0.05) is 12.1 Å². The minimum atomic E-state index is -0.484. The normalized spacial score (nSPS) is 10.4. The van der Waals surface area contributed by atoms with Gasteiger partial charge < -0.3 is 10.5 Å². The molecule has 0 radical (unpaired) electrons. The topological polar surface area (TPSA) is 120 Å². The van der Waals surface area contributed by atoms with Crippen LogP contribution in [-0.4, -0.2) is 26.6 Å². The van der Waals surface area contributed by atoms with Crippen molar-refractivity contribution in [3.8, 4) is 5.75 Å². The van der Waals surface area contributed by atoms with Gasteiger partial charge in [0.2, 0.25) is 0 Å². The molecule has 8 nitrogen and oxygen atoms in total. The van der Waals surface area contributed by atoms with E-state index < -0.39 is 4.92 Å². The van der Waals surface area contributed by atoms with E-state index in [1.54, 1.807) is 18.2 Å². The van der Waals surface area contributed by atoms with Crippen molar-refractivity contribution in [2.24, 2.45) is 5.73 Å². The zero-order chi connectivity index (χ0) is 14.4. The first-order valence-corrected chi connectivity index (χ1v) is 6.17. The third kappa shape index (κ3) is 3.51. The molecule has 106 valence electrons. The molecule has 1 heterocycles. The molecule has 1 aromatic heterocycles. The number of rotatable bonds is 7. The number of nitrogens with one attached hydrogen (secondary N) is 1. The number of nitrogens with zero attached hydrogens (tertiary/aromatic N) is 3. The van der Waals surface area contributed by atoms with E-state index in [1.807, 2.05) is 0 Å². The highest BCUT2D eigenvalue weighted by atomic mass is 16.6. The molecule has 20 heavy (non-hydrogen) atoms. The van der Waals surface area contributed by atoms with E-state index in [9.17, 15) is 10.1 Å². The summed E-state index contributed by atoms with van der Waals surface area (Å²) < 4.78 is 5.40. The molecule has 0 unspecified atom stereocenters. The van der Waals surface area contributed by atoms with Crippen molar-refractivity contribution in [3.05, 3.63) is 46.0 Å². The summed E-state index contributed by atoms with van der Waals surface area (Å²) in [7, 11) is 0. The van der Waals surface area contributed by atoms with Crippen LogP contribution in [0.4, 0.5) is 5.69 Å². The lowest BCUT2D eigenvalue weighted by atomic mass is 10.3. The zero-order valence-electron chi connectivity index (χ0n) is 10.8. The minimum Gasteiger partial charge on any atom is -0.479 e. The van der Waals surface area contributed by atoms with Crippen LogP contribution in [-0.2, 0) is 13.0 Å². The SMILES string of the molecule is NCCCc1n[nH]c(COc2ccccc2[N+](=O)[O-])n1. The molecule has 1 aromatic carbocycles. The molecular formula is C12H15N5O3. The van der Waals surface area contributed by atoms with Gasteiger partial charge in [-0.15, -0.1) is 0 Å². The molecule has 0 saturated carbocycles. The molecule has 2 aromatic rings. The van der Waals surface area contributed by atoms with Crippen molar-refractivity contribution in [1.29, 1.82) is 0 Å². The summed E-state index contributed by atoms with van der Waals surface area (Å²) in [5.74, 6) is 1.39. The highest BCUT2D eigenvalue weighted by molar-refractivity contribution is 5.45. The largest absolute Gasteiger partial charge is 0.479 e. The number of hydrogen-bond donors (Lipinski definition) is 2. The second kappa shape index (κ2) is 6.62. The van der Waals surface area contributed by atoms with E-state index >= 15 is 0 Å². The predicted molar refractivity (Wildman–Crippen MR) is 71.2 cm³/mol. The number of hydrogen-bond acceptors (Lipinski definition) is 6. The quantitative estimate of drug-likeness (QED) is 0.579. The van der Waals surface area contributed by atoms with Crippen LogP contribution >= 0.6 is 0 Å². The number of ether oxygens (including phenoxy) is 1. The van der Waals surface area contributed by atoms with Gasteiger partial charge in [-0.25, -0.2) is 4.98 Å². The van der Waals surface area contributed by atoms with Crippen molar-refractivity contribution in [1.82, 2.24) is 15.2 Å². The van der Waals surface area contributed by atoms with Crippen molar-refractivity contribution in [3.63, 3.8) is 0 Å². The first-order valence-electron chi connectivity index (χ1n) is 6.17. The number of aromatic amines is 1. The average Bonchev–Trinajstić information content (AvgIpc) is 2.91. The van der Waals surface area contributed by atoms with Crippen LogP contribution in [0.1, 0.15) is 18.1 Å². The first kappa shape index (κ1) is 13.9. The van der Waals surface area contributed by atoms with E-state index in [0.29, 0.717) is 24.6 Å². The first-order chi connectivity index (χ1) is 9.70. The standard InChI is InChI=1S/C12H15N5O3/c13-7-3-6-11-14-12(16-15-11)8-20-10-5-2-1-4-9(10)17(18)19/h1-2,4-5H,3,6-8,13H2,(H,14,15,16). The molecule has 2 rings (SSSR count). The second-order valence-electron chi connectivity index (χ2n) is 4.10. The van der Waals surface area contributed by atoms with Gasteiger partial charge in [0.05, 0.1) is 4.92 Å². The Balaban J connectivity index is 1.98. The summed E-state index contributed by atoms with van der Waals surface area (Å²) >= 11 is 0. The highest BCUT2D eigenvalue weighted by Crippen LogP contribution is 2.26. The summed E-state index contributed by atoms with van der Waals surface area (Å²) in [6.45, 7) is 0.678. The van der Waals surface area contributed by atoms with Gasteiger partial charge in [-0.2, -0.15) is 5.10 Å². The lowest BCUT2D eigenvalue weighted by Crippen LogP contribution is -2.02. The average molecular weight is 277 g/mol. The number of benzene rings is 1. The lowest BCUT2D eigenvalue weighted by Gasteiger charge is -2.03. The minimum absolute atomic E-state index is 0.0737. The van der Waals surface area contributed by atoms with Crippen molar-refractivity contribution in [2.75, 3.05) is 6.54 Å². The highest BCUT2D eigenvalue weighted by Gasteiger charge is 2.14. The smallest absolute Gasteiger partial charge is 0.310 e. The Morgan fingerprint density at radius 1 is 1.40 bits per heavy atom. The molecule has 0 amide bonds. The summed E-state index contributed by atoms with van der Waals surface area (Å²) in [5, 5.41) is 17.6. The van der Waals surface area contributed by atoms with Crippen LogP contribution in [0.15, 0.2) is 24.3 Å². The van der Waals surface area contributed by atoms with Crippen molar-refractivity contribution in [2.45, 2.75) is 19.4 Å². The second-order valence-corrected chi connectivity index (χ2v) is 4.10. The number of nitro benzene ring substituents is 1. The summed E-state index contributed by atoms with van der Waals surface area (Å²) in [5.41, 5.74) is 5.33. The molecule has 0 aliphatic rings. The Bertz CT molecular complexity index is 584. The van der Waals surface area contributed by atoms with E-state index in [0.717, 1.165) is 6.42 Å². The molecular weight excluding hydrogens is 262 g/mol. The molecule has 0 atom stereocenters. The van der Waals surface area contributed by atoms with Gasteiger partial charge >= 0.3 is 5.69 Å². The van der Waals surface area contributed by atoms with Gasteiger partial charge in [0.1, 0.15) is 6.61 Å². The number of nitrogens with two attached hydrogens (primary N) is 1. The number of nitro groups is 1. The molecule has 0 saturated heterocycles. The zero-order valence-corrected chi connectivity index (χ0v) is 10.8. The maximum absolute atomic E-state index is 10.8. The van der Waals surface area contributed by atoms with E-state index in [-0.39, 0.29) is 18.0 Å². The maximum Gasteiger partial charge on any atom is 0.310 e. The van der Waals surface area contributed by atoms with Gasteiger partial charge in [-0.3, -0.25) is 15.2 Å². The number of para-hydroxylation sites is 2. The van der Waals surface area contributed by atoms with Crippen molar-refractivity contribution >= 4 is 5.69 Å². The fourth-order valence-electron chi connectivity index (χ4n) is 1.65. The third-order valence-electron chi connectivity index (χ3n) is 2.61. The van der Waals surface area contributed by atoms with Gasteiger partial charge in [0, 0.05) is 12.5 Å². The number of aryl methyl sites for hydroxylation is 1. The monoisotopic (exact) mass is 277 g/mol. The molecule has 0 fully saturated rings. The third-order valence-corrected chi connectivity index (χ3v) is 2.61. The number of aromatic nitrogens is 3. The Kier molecular flexibility index (Phi) is 4.61. The molecule has 0 spiro atoms. The predicted octanol–water partition coefficient (Wildman–Crippen LogP) is 1.18. The van der Waals surface area contributed by atoms with Gasteiger partial charge in [0.25, 0.3) is 0 Å². The fourth-order valence-corrected chi connectivity index (χ4v) is 1.65. The summed E-state index contributed by atoms with van der Waals surface area (Å²) in [6, 6.07) is 6.20. The fraction of sp³-hybridized carbons (Fsp3) is 0.333. The van der Waals surface area contributed by atoms with Crippen molar-refractivity contribution < 1.29 is 9.66 Å². The van der Waals surface area contributed by atoms with Crippen LogP contribution in [0.2, 0.25) is 0 Å². The Morgan fingerprint density at radius 2 is 2.20 bits per heavy atom. The Labute approximate surface area is 115 Å². The molecule has 8 heteroatoms. The number of H-pyrrole nitrogens is 1. The van der Waals surface area contributed by atoms with E-state index in [1.165, 1.54) is 6.07 Å². The Morgan fingerprint density at radius 3 is 2.95 bits per heavy atom. The maximum atomic E-state index is 10.8. The van der Waals surface area contributed by atoms with Crippen LogP contribution < -0.4 is 10.5 Å². The van der Waals surface area contributed by atoms with Crippen LogP contribution in [0.5, 0.6) is 5.75 Å². The summed E-state index contributed by atoms with van der Waals surface area (Å²) in [4.78, 5) is 14.6. The summed E-state index contributed by atoms with van der Waals surface area (Å²) in [6.07, 6.45) is 1.50. The molecule has 3 N–H and O–H groups in total. The molecule has 0 aliphatic heterocycles. The van der Waals surface area contributed by atoms with Crippen LogP contribution in [0.3, 0.4) is 0 Å². The Hall–Kier alpha value is -2.48. The lowest BCUT2D eigenvalue weighted by molar-refractivity contribution is -0.385.